The standard InChI is InChI=1S/C24H30N2O7/c1-28-19-5-4-16(12-20(19)29-2)18(26-6-8-31-9-7-26)15-25-24(27)17-13-21(30-3)23-22(14-17)32-10-11-33-23/h4-5,12-14,18H,6-11,15H2,1-3H3,(H,25,27)/t18-/m0/s1. The molecule has 1 fully saturated rings. The van der Waals surface area contributed by atoms with Crippen LogP contribution in [0.1, 0.15) is 22.0 Å². The van der Waals surface area contributed by atoms with Crippen molar-refractivity contribution in [1.82, 2.24) is 10.2 Å². The lowest BCUT2D eigenvalue weighted by atomic mass is 10.0. The Morgan fingerprint density at radius 2 is 1.67 bits per heavy atom. The van der Waals surface area contributed by atoms with Crippen LogP contribution >= 0.6 is 0 Å². The van der Waals surface area contributed by atoms with Crippen LogP contribution in [0.15, 0.2) is 30.3 Å². The van der Waals surface area contributed by atoms with E-state index in [2.05, 4.69) is 10.2 Å². The highest BCUT2D eigenvalue weighted by molar-refractivity contribution is 5.95. The predicted octanol–water partition coefficient (Wildman–Crippen LogP) is 2.29. The first-order valence-corrected chi connectivity index (χ1v) is 10.9. The summed E-state index contributed by atoms with van der Waals surface area (Å²) in [7, 11) is 4.77. The number of hydrogen-bond donors (Lipinski definition) is 1. The van der Waals surface area contributed by atoms with E-state index in [1.165, 1.54) is 0 Å². The molecule has 1 saturated heterocycles. The van der Waals surface area contributed by atoms with Crippen LogP contribution in [0.4, 0.5) is 0 Å². The summed E-state index contributed by atoms with van der Waals surface area (Å²) in [5.41, 5.74) is 1.47. The molecule has 178 valence electrons. The van der Waals surface area contributed by atoms with Crippen molar-refractivity contribution in [3.05, 3.63) is 41.5 Å². The lowest BCUT2D eigenvalue weighted by Crippen LogP contribution is -2.43. The van der Waals surface area contributed by atoms with Gasteiger partial charge >= 0.3 is 0 Å². The summed E-state index contributed by atoms with van der Waals surface area (Å²) < 4.78 is 33.1. The molecule has 0 spiro atoms. The van der Waals surface area contributed by atoms with Crippen molar-refractivity contribution in [3.8, 4) is 28.7 Å². The van der Waals surface area contributed by atoms with Gasteiger partial charge in [0.2, 0.25) is 5.75 Å². The number of ether oxygens (including phenoxy) is 6. The zero-order valence-corrected chi connectivity index (χ0v) is 19.2. The lowest BCUT2D eigenvalue weighted by molar-refractivity contribution is 0.0162. The van der Waals surface area contributed by atoms with Gasteiger partial charge in [0, 0.05) is 25.2 Å². The largest absolute Gasteiger partial charge is 0.493 e. The molecule has 0 aliphatic carbocycles. The van der Waals surface area contributed by atoms with Crippen molar-refractivity contribution < 1.29 is 33.2 Å². The fourth-order valence-electron chi connectivity index (χ4n) is 4.10. The van der Waals surface area contributed by atoms with E-state index in [9.17, 15) is 4.79 Å². The minimum Gasteiger partial charge on any atom is -0.493 e. The van der Waals surface area contributed by atoms with Gasteiger partial charge < -0.3 is 33.7 Å². The zero-order valence-electron chi connectivity index (χ0n) is 19.2. The fraction of sp³-hybridized carbons (Fsp3) is 0.458. The van der Waals surface area contributed by atoms with Gasteiger partial charge in [0.25, 0.3) is 5.91 Å². The first-order chi connectivity index (χ1) is 16.1. The Bertz CT molecular complexity index is 958. The van der Waals surface area contributed by atoms with Crippen LogP contribution < -0.4 is 29.0 Å². The van der Waals surface area contributed by atoms with Crippen LogP contribution in [0.3, 0.4) is 0 Å². The number of nitrogens with zero attached hydrogens (tertiary/aromatic N) is 1. The van der Waals surface area contributed by atoms with E-state index >= 15 is 0 Å². The summed E-state index contributed by atoms with van der Waals surface area (Å²) in [4.78, 5) is 15.4. The normalized spacial score (nSPS) is 16.6. The molecule has 1 atom stereocenters. The minimum absolute atomic E-state index is 0.0586. The molecule has 0 unspecified atom stereocenters. The monoisotopic (exact) mass is 458 g/mol. The summed E-state index contributed by atoms with van der Waals surface area (Å²) in [5, 5.41) is 3.07. The second kappa shape index (κ2) is 10.6. The second-order valence-corrected chi connectivity index (χ2v) is 7.69. The highest BCUT2D eigenvalue weighted by atomic mass is 16.6. The van der Waals surface area contributed by atoms with E-state index in [0.717, 1.165) is 18.7 Å². The molecule has 2 heterocycles. The molecule has 0 aromatic heterocycles. The predicted molar refractivity (Wildman–Crippen MR) is 121 cm³/mol. The van der Waals surface area contributed by atoms with E-state index in [0.29, 0.717) is 67.3 Å². The van der Waals surface area contributed by atoms with E-state index < -0.39 is 0 Å². The van der Waals surface area contributed by atoms with Gasteiger partial charge in [-0.1, -0.05) is 6.07 Å². The molecule has 0 radical (unpaired) electrons. The molecule has 2 aliphatic rings. The van der Waals surface area contributed by atoms with Gasteiger partial charge in [-0.15, -0.1) is 0 Å². The van der Waals surface area contributed by atoms with Crippen LogP contribution in [0.2, 0.25) is 0 Å². The highest BCUT2D eigenvalue weighted by Crippen LogP contribution is 2.40. The Morgan fingerprint density at radius 3 is 2.39 bits per heavy atom. The third-order valence-corrected chi connectivity index (χ3v) is 5.82. The molecule has 33 heavy (non-hydrogen) atoms. The Hall–Kier alpha value is -3.17. The first kappa shape index (κ1) is 23.0. The molecule has 2 aliphatic heterocycles. The van der Waals surface area contributed by atoms with Gasteiger partial charge in [-0.2, -0.15) is 0 Å². The number of carbonyl (C=O) groups is 1. The molecule has 2 aromatic rings. The van der Waals surface area contributed by atoms with Crippen molar-refractivity contribution in [1.29, 1.82) is 0 Å². The van der Waals surface area contributed by atoms with Gasteiger partial charge in [-0.05, 0) is 29.8 Å². The van der Waals surface area contributed by atoms with Gasteiger partial charge in [0.05, 0.1) is 40.6 Å². The number of fused-ring (bicyclic) bond motifs is 1. The summed E-state index contributed by atoms with van der Waals surface area (Å²) >= 11 is 0. The first-order valence-electron chi connectivity index (χ1n) is 10.9. The maximum Gasteiger partial charge on any atom is 0.251 e. The van der Waals surface area contributed by atoms with Gasteiger partial charge in [0.15, 0.2) is 23.0 Å². The van der Waals surface area contributed by atoms with Crippen LogP contribution in [-0.4, -0.2) is 78.2 Å². The van der Waals surface area contributed by atoms with Crippen LogP contribution in [-0.2, 0) is 4.74 Å². The Kier molecular flexibility index (Phi) is 7.41. The highest BCUT2D eigenvalue weighted by Gasteiger charge is 2.26. The molecule has 1 amide bonds. The molecular formula is C24H30N2O7. The third-order valence-electron chi connectivity index (χ3n) is 5.82. The Morgan fingerprint density at radius 1 is 0.939 bits per heavy atom. The number of carbonyl (C=O) groups excluding carboxylic acids is 1. The fourth-order valence-corrected chi connectivity index (χ4v) is 4.10. The number of hydrogen-bond acceptors (Lipinski definition) is 8. The summed E-state index contributed by atoms with van der Waals surface area (Å²) in [5.74, 6) is 2.60. The number of methoxy groups -OCH3 is 3. The summed E-state index contributed by atoms with van der Waals surface area (Å²) in [6.07, 6.45) is 0. The maximum atomic E-state index is 13.1. The molecule has 9 heteroatoms. The van der Waals surface area contributed by atoms with E-state index in [4.69, 9.17) is 28.4 Å². The number of nitrogens with one attached hydrogen (secondary N) is 1. The number of amides is 1. The topological polar surface area (TPSA) is 87.7 Å². The summed E-state index contributed by atoms with van der Waals surface area (Å²) in [6, 6.07) is 9.14. The molecule has 0 saturated carbocycles. The average molecular weight is 459 g/mol. The molecule has 9 nitrogen and oxygen atoms in total. The zero-order chi connectivity index (χ0) is 23.2. The van der Waals surface area contributed by atoms with Gasteiger partial charge in [-0.25, -0.2) is 0 Å². The Balaban J connectivity index is 1.55. The number of rotatable bonds is 8. The van der Waals surface area contributed by atoms with Crippen LogP contribution in [0.5, 0.6) is 28.7 Å². The number of benzene rings is 2. The molecular weight excluding hydrogens is 428 g/mol. The molecule has 2 aromatic carbocycles. The van der Waals surface area contributed by atoms with Crippen molar-refractivity contribution in [3.63, 3.8) is 0 Å². The van der Waals surface area contributed by atoms with Crippen molar-refractivity contribution in [2.45, 2.75) is 6.04 Å². The lowest BCUT2D eigenvalue weighted by Gasteiger charge is -2.35. The molecule has 1 N–H and O–H groups in total. The Labute approximate surface area is 193 Å². The SMILES string of the molecule is COc1ccc([C@H](CNC(=O)c2cc(OC)c3c(c2)OCCO3)N2CCOCC2)cc1OC. The second-order valence-electron chi connectivity index (χ2n) is 7.69. The van der Waals surface area contributed by atoms with E-state index in [-0.39, 0.29) is 11.9 Å². The molecule has 0 bridgehead atoms. The third kappa shape index (κ3) is 5.09. The van der Waals surface area contributed by atoms with Crippen molar-refractivity contribution in [2.24, 2.45) is 0 Å². The number of morpholine rings is 1. The summed E-state index contributed by atoms with van der Waals surface area (Å²) in [6.45, 7) is 4.12. The van der Waals surface area contributed by atoms with Gasteiger partial charge in [-0.3, -0.25) is 9.69 Å². The maximum absolute atomic E-state index is 13.1. The van der Waals surface area contributed by atoms with Crippen LogP contribution in [0, 0.1) is 0 Å². The van der Waals surface area contributed by atoms with E-state index in [1.54, 1.807) is 33.5 Å². The average Bonchev–Trinajstić information content (AvgIpc) is 2.88. The van der Waals surface area contributed by atoms with Crippen molar-refractivity contribution in [2.75, 3.05) is 67.4 Å². The minimum atomic E-state index is -0.219. The van der Waals surface area contributed by atoms with Crippen molar-refractivity contribution >= 4 is 5.91 Å². The molecule has 4 rings (SSSR count). The van der Waals surface area contributed by atoms with Crippen LogP contribution in [0.25, 0.3) is 0 Å². The van der Waals surface area contributed by atoms with E-state index in [1.807, 2.05) is 18.2 Å². The quantitative estimate of drug-likeness (QED) is 0.645. The smallest absolute Gasteiger partial charge is 0.251 e. The van der Waals surface area contributed by atoms with Gasteiger partial charge in [0.1, 0.15) is 13.2 Å².